The van der Waals surface area contributed by atoms with Crippen LogP contribution in [0.15, 0.2) is 17.0 Å². The van der Waals surface area contributed by atoms with Gasteiger partial charge in [-0.3, -0.25) is 4.79 Å². The molecule has 1 aromatic carbocycles. The molecule has 0 aromatic heterocycles. The lowest BCUT2D eigenvalue weighted by Gasteiger charge is -2.35. The molecule has 22 heavy (non-hydrogen) atoms. The van der Waals surface area contributed by atoms with Gasteiger partial charge in [0.15, 0.2) is 0 Å². The van der Waals surface area contributed by atoms with Crippen molar-refractivity contribution in [1.29, 1.82) is 0 Å². The number of nitrogens with zero attached hydrogens (tertiary/aromatic N) is 1. The summed E-state index contributed by atoms with van der Waals surface area (Å²) >= 11 is 13.9. The normalized spacial score (nSPS) is 27.0. The minimum Gasteiger partial charge on any atom is -0.339 e. The summed E-state index contributed by atoms with van der Waals surface area (Å²) in [6, 6.07) is 4.88. The summed E-state index contributed by atoms with van der Waals surface area (Å²) in [5.74, 6) is -0.0109. The molecule has 2 fully saturated rings. The van der Waals surface area contributed by atoms with Gasteiger partial charge in [-0.05, 0) is 44.1 Å². The van der Waals surface area contributed by atoms with E-state index >= 15 is 0 Å². The molecule has 120 valence electrons. The fraction of sp³-hybridized carbons (Fsp3) is 0.562. The molecule has 0 saturated carbocycles. The summed E-state index contributed by atoms with van der Waals surface area (Å²) in [6.07, 6.45) is 6.44. The zero-order chi connectivity index (χ0) is 15.9. The highest BCUT2D eigenvalue weighted by Gasteiger charge is 2.36. The zero-order valence-electron chi connectivity index (χ0n) is 12.7. The van der Waals surface area contributed by atoms with Gasteiger partial charge in [-0.1, -0.05) is 23.2 Å². The first-order valence-corrected chi connectivity index (χ1v) is 9.54. The molecular weight excluding hydrogens is 339 g/mol. The van der Waals surface area contributed by atoms with E-state index in [4.69, 9.17) is 23.2 Å². The molecule has 1 N–H and O–H groups in total. The molecule has 2 aliphatic heterocycles. The standard InChI is InChI=1S/C16H20Cl2N2OS/c1-20(11-5-9-3-4-10(6-11)19-9)16(21)12-7-15(22-2)14(18)8-13(12)17/h7-11,19H,3-6H2,1-2H3. The van der Waals surface area contributed by atoms with E-state index in [9.17, 15) is 4.79 Å². The molecule has 0 spiro atoms. The van der Waals surface area contributed by atoms with Crippen LogP contribution in [-0.2, 0) is 0 Å². The molecule has 0 radical (unpaired) electrons. The molecule has 3 nitrogen and oxygen atoms in total. The van der Waals surface area contributed by atoms with E-state index in [-0.39, 0.29) is 11.9 Å². The summed E-state index contributed by atoms with van der Waals surface area (Å²) in [6.45, 7) is 0. The molecule has 2 unspecified atom stereocenters. The highest BCUT2D eigenvalue weighted by Crippen LogP contribution is 2.34. The van der Waals surface area contributed by atoms with Crippen molar-refractivity contribution < 1.29 is 4.79 Å². The van der Waals surface area contributed by atoms with Gasteiger partial charge >= 0.3 is 0 Å². The minimum absolute atomic E-state index is 0.0109. The third kappa shape index (κ3) is 3.12. The summed E-state index contributed by atoms with van der Waals surface area (Å²) < 4.78 is 0. The van der Waals surface area contributed by atoms with Gasteiger partial charge in [-0.15, -0.1) is 11.8 Å². The average Bonchev–Trinajstić information content (AvgIpc) is 2.84. The minimum atomic E-state index is -0.0109. The number of hydrogen-bond donors (Lipinski definition) is 1. The quantitative estimate of drug-likeness (QED) is 0.826. The number of carbonyl (C=O) groups is 1. The van der Waals surface area contributed by atoms with Crippen LogP contribution < -0.4 is 5.32 Å². The van der Waals surface area contributed by atoms with E-state index in [1.54, 1.807) is 6.07 Å². The number of amides is 1. The smallest absolute Gasteiger partial charge is 0.255 e. The number of benzene rings is 1. The predicted molar refractivity (Wildman–Crippen MR) is 93.3 cm³/mol. The number of rotatable bonds is 3. The van der Waals surface area contributed by atoms with E-state index in [1.807, 2.05) is 24.3 Å². The van der Waals surface area contributed by atoms with E-state index in [0.717, 1.165) is 17.7 Å². The number of carbonyl (C=O) groups excluding carboxylic acids is 1. The number of fused-ring (bicyclic) bond motifs is 2. The lowest BCUT2D eigenvalue weighted by atomic mass is 9.98. The topological polar surface area (TPSA) is 32.3 Å². The van der Waals surface area contributed by atoms with Crippen molar-refractivity contribution in [2.24, 2.45) is 0 Å². The van der Waals surface area contributed by atoms with E-state index in [2.05, 4.69) is 5.32 Å². The monoisotopic (exact) mass is 358 g/mol. The Labute approximate surface area is 145 Å². The maximum atomic E-state index is 12.8. The van der Waals surface area contributed by atoms with Gasteiger partial charge in [0, 0.05) is 30.1 Å². The number of nitrogens with one attached hydrogen (secondary N) is 1. The molecule has 1 aromatic rings. The second-order valence-corrected chi connectivity index (χ2v) is 7.81. The van der Waals surface area contributed by atoms with Crippen molar-refractivity contribution in [3.63, 3.8) is 0 Å². The van der Waals surface area contributed by atoms with Crippen LogP contribution in [0.2, 0.25) is 10.0 Å². The van der Waals surface area contributed by atoms with Crippen molar-refractivity contribution in [1.82, 2.24) is 10.2 Å². The molecule has 1 amide bonds. The fourth-order valence-electron chi connectivity index (χ4n) is 3.55. The maximum absolute atomic E-state index is 12.8. The van der Waals surface area contributed by atoms with Gasteiger partial charge in [0.05, 0.1) is 15.6 Å². The molecule has 0 aliphatic carbocycles. The Morgan fingerprint density at radius 3 is 2.45 bits per heavy atom. The molecule has 3 rings (SSSR count). The van der Waals surface area contributed by atoms with Gasteiger partial charge < -0.3 is 10.2 Å². The largest absolute Gasteiger partial charge is 0.339 e. The molecule has 2 aliphatic rings. The number of thioether (sulfide) groups is 1. The summed E-state index contributed by atoms with van der Waals surface area (Å²) in [5.41, 5.74) is 0.545. The number of halogens is 2. The number of piperidine rings is 1. The Kier molecular flexibility index (Phi) is 4.93. The first kappa shape index (κ1) is 16.4. The Hall–Kier alpha value is -0.420. The van der Waals surface area contributed by atoms with Crippen LogP contribution in [0.4, 0.5) is 0 Å². The van der Waals surface area contributed by atoms with E-state index in [1.165, 1.54) is 24.6 Å². The summed E-state index contributed by atoms with van der Waals surface area (Å²) in [5, 5.41) is 4.63. The second-order valence-electron chi connectivity index (χ2n) is 6.15. The first-order valence-electron chi connectivity index (χ1n) is 7.56. The second kappa shape index (κ2) is 6.60. The van der Waals surface area contributed by atoms with Gasteiger partial charge in [0.25, 0.3) is 5.91 Å². The van der Waals surface area contributed by atoms with Crippen LogP contribution in [-0.4, -0.2) is 42.2 Å². The maximum Gasteiger partial charge on any atom is 0.255 e. The molecule has 2 heterocycles. The Bertz CT molecular complexity index is 584. The molecule has 2 atom stereocenters. The van der Waals surface area contributed by atoms with E-state index < -0.39 is 0 Å². The van der Waals surface area contributed by atoms with Gasteiger partial charge in [-0.25, -0.2) is 0 Å². The van der Waals surface area contributed by atoms with Crippen molar-refractivity contribution in [3.8, 4) is 0 Å². The van der Waals surface area contributed by atoms with Crippen LogP contribution in [0.25, 0.3) is 0 Å². The predicted octanol–water partition coefficient (Wildman–Crippen LogP) is 4.07. The van der Waals surface area contributed by atoms with Crippen molar-refractivity contribution in [2.45, 2.75) is 48.7 Å². The zero-order valence-corrected chi connectivity index (χ0v) is 15.1. The van der Waals surface area contributed by atoms with Crippen molar-refractivity contribution in [3.05, 3.63) is 27.7 Å². The molecular formula is C16H20Cl2N2OS. The van der Waals surface area contributed by atoms with E-state index in [0.29, 0.717) is 27.7 Å². The van der Waals surface area contributed by atoms with Crippen molar-refractivity contribution >= 4 is 40.9 Å². The van der Waals surface area contributed by atoms with Crippen LogP contribution in [0, 0.1) is 0 Å². The Morgan fingerprint density at radius 1 is 1.23 bits per heavy atom. The first-order chi connectivity index (χ1) is 10.5. The Morgan fingerprint density at radius 2 is 1.86 bits per heavy atom. The summed E-state index contributed by atoms with van der Waals surface area (Å²) in [7, 11) is 1.89. The average molecular weight is 359 g/mol. The molecule has 6 heteroatoms. The lowest BCUT2D eigenvalue weighted by molar-refractivity contribution is 0.0681. The van der Waals surface area contributed by atoms with Gasteiger partial charge in [-0.2, -0.15) is 0 Å². The fourth-order valence-corrected chi connectivity index (χ4v) is 4.73. The SMILES string of the molecule is CSc1cc(C(=O)N(C)C2CC3CCC(C2)N3)c(Cl)cc1Cl. The lowest BCUT2D eigenvalue weighted by Crippen LogP contribution is -2.48. The molecule has 2 bridgehead atoms. The molecule has 2 saturated heterocycles. The summed E-state index contributed by atoms with van der Waals surface area (Å²) in [4.78, 5) is 15.6. The van der Waals surface area contributed by atoms with Gasteiger partial charge in [0.2, 0.25) is 0 Å². The third-order valence-corrected chi connectivity index (χ3v) is 6.30. The van der Waals surface area contributed by atoms with Crippen molar-refractivity contribution in [2.75, 3.05) is 13.3 Å². The third-order valence-electron chi connectivity index (χ3n) is 4.79. The number of hydrogen-bond acceptors (Lipinski definition) is 3. The van der Waals surface area contributed by atoms with Crippen LogP contribution in [0.3, 0.4) is 0 Å². The van der Waals surface area contributed by atoms with Crippen LogP contribution >= 0.6 is 35.0 Å². The van der Waals surface area contributed by atoms with Crippen LogP contribution in [0.1, 0.15) is 36.0 Å². The highest BCUT2D eigenvalue weighted by molar-refractivity contribution is 7.98. The highest BCUT2D eigenvalue weighted by atomic mass is 35.5. The van der Waals surface area contributed by atoms with Crippen LogP contribution in [0.5, 0.6) is 0 Å². The Balaban J connectivity index is 1.81. The van der Waals surface area contributed by atoms with Gasteiger partial charge in [0.1, 0.15) is 0 Å².